The van der Waals surface area contributed by atoms with Crippen LogP contribution in [0.25, 0.3) is 16.6 Å². The molecule has 6 nitrogen and oxygen atoms in total. The SMILES string of the molecule is Cc1cc(C)cc(-n2c(=O)c3ccccc3n(CC(=O)Nc3ccccc3C)c2=O)c1. The Kier molecular flexibility index (Phi) is 5.29. The van der Waals surface area contributed by atoms with E-state index >= 15 is 0 Å². The van der Waals surface area contributed by atoms with Crippen LogP contribution in [-0.4, -0.2) is 15.0 Å². The Morgan fingerprint density at radius 2 is 1.52 bits per heavy atom. The summed E-state index contributed by atoms with van der Waals surface area (Å²) >= 11 is 0. The minimum Gasteiger partial charge on any atom is -0.324 e. The maximum Gasteiger partial charge on any atom is 0.336 e. The molecule has 156 valence electrons. The van der Waals surface area contributed by atoms with E-state index in [4.69, 9.17) is 0 Å². The van der Waals surface area contributed by atoms with Gasteiger partial charge < -0.3 is 5.32 Å². The molecule has 0 fully saturated rings. The van der Waals surface area contributed by atoms with Crippen LogP contribution >= 0.6 is 0 Å². The minimum absolute atomic E-state index is 0.210. The van der Waals surface area contributed by atoms with E-state index in [1.807, 2.05) is 51.1 Å². The Labute approximate surface area is 179 Å². The zero-order chi connectivity index (χ0) is 22.1. The molecule has 31 heavy (non-hydrogen) atoms. The van der Waals surface area contributed by atoms with Crippen LogP contribution in [-0.2, 0) is 11.3 Å². The standard InChI is InChI=1S/C25H23N3O3/c1-16-12-17(2)14-19(13-16)28-24(30)20-9-5-7-11-22(20)27(25(28)31)15-23(29)26-21-10-6-4-8-18(21)3/h4-14H,15H2,1-3H3,(H,26,29). The molecular formula is C25H23N3O3. The molecule has 0 saturated carbocycles. The Hall–Kier alpha value is -3.93. The molecule has 0 bridgehead atoms. The molecule has 0 unspecified atom stereocenters. The van der Waals surface area contributed by atoms with Crippen molar-refractivity contribution in [2.75, 3.05) is 5.32 Å². The number of anilines is 1. The van der Waals surface area contributed by atoms with Crippen molar-refractivity contribution in [3.63, 3.8) is 0 Å². The number of nitrogens with zero attached hydrogens (tertiary/aromatic N) is 2. The Balaban J connectivity index is 1.87. The number of para-hydroxylation sites is 2. The largest absolute Gasteiger partial charge is 0.336 e. The molecule has 1 aromatic heterocycles. The lowest BCUT2D eigenvalue weighted by atomic mass is 10.1. The smallest absolute Gasteiger partial charge is 0.324 e. The van der Waals surface area contributed by atoms with Crippen molar-refractivity contribution in [2.45, 2.75) is 27.3 Å². The summed E-state index contributed by atoms with van der Waals surface area (Å²) in [5.41, 5.74) is 3.47. The number of aromatic nitrogens is 2. The zero-order valence-electron chi connectivity index (χ0n) is 17.7. The molecule has 0 spiro atoms. The van der Waals surface area contributed by atoms with E-state index in [0.717, 1.165) is 21.3 Å². The van der Waals surface area contributed by atoms with E-state index in [0.29, 0.717) is 22.3 Å². The number of fused-ring (bicyclic) bond motifs is 1. The predicted octanol–water partition coefficient (Wildman–Crippen LogP) is 3.72. The molecule has 4 aromatic rings. The maximum absolute atomic E-state index is 13.4. The van der Waals surface area contributed by atoms with Crippen molar-refractivity contribution in [3.8, 4) is 5.69 Å². The summed E-state index contributed by atoms with van der Waals surface area (Å²) in [6.07, 6.45) is 0. The van der Waals surface area contributed by atoms with E-state index in [9.17, 15) is 14.4 Å². The van der Waals surface area contributed by atoms with Gasteiger partial charge in [-0.15, -0.1) is 0 Å². The van der Waals surface area contributed by atoms with Gasteiger partial charge in [-0.1, -0.05) is 36.4 Å². The molecule has 6 heteroatoms. The summed E-state index contributed by atoms with van der Waals surface area (Å²) < 4.78 is 2.49. The maximum atomic E-state index is 13.4. The Morgan fingerprint density at radius 3 is 2.23 bits per heavy atom. The number of carbonyl (C=O) groups excluding carboxylic acids is 1. The average molecular weight is 413 g/mol. The van der Waals surface area contributed by atoms with Crippen molar-refractivity contribution in [1.29, 1.82) is 0 Å². The van der Waals surface area contributed by atoms with Crippen molar-refractivity contribution < 1.29 is 4.79 Å². The molecule has 0 aliphatic carbocycles. The highest BCUT2D eigenvalue weighted by atomic mass is 16.2. The highest BCUT2D eigenvalue weighted by Gasteiger charge is 2.17. The molecular weight excluding hydrogens is 390 g/mol. The summed E-state index contributed by atoms with van der Waals surface area (Å²) in [5, 5.41) is 3.24. The second-order valence-electron chi connectivity index (χ2n) is 7.74. The molecule has 1 N–H and O–H groups in total. The van der Waals surface area contributed by atoms with Gasteiger partial charge in [0.25, 0.3) is 5.56 Å². The highest BCUT2D eigenvalue weighted by Crippen LogP contribution is 2.15. The number of hydrogen-bond acceptors (Lipinski definition) is 3. The molecule has 0 aliphatic heterocycles. The lowest BCUT2D eigenvalue weighted by molar-refractivity contribution is -0.116. The number of carbonyl (C=O) groups is 1. The van der Waals surface area contributed by atoms with Gasteiger partial charge >= 0.3 is 5.69 Å². The fraction of sp³-hybridized carbons (Fsp3) is 0.160. The quantitative estimate of drug-likeness (QED) is 0.554. The third kappa shape index (κ3) is 3.92. The average Bonchev–Trinajstić information content (AvgIpc) is 2.72. The molecule has 0 atom stereocenters. The number of nitrogens with one attached hydrogen (secondary N) is 1. The molecule has 3 aromatic carbocycles. The predicted molar refractivity (Wildman–Crippen MR) is 123 cm³/mol. The zero-order valence-corrected chi connectivity index (χ0v) is 17.7. The summed E-state index contributed by atoms with van der Waals surface area (Å²) in [5.74, 6) is -0.341. The molecule has 1 heterocycles. The van der Waals surface area contributed by atoms with E-state index < -0.39 is 11.2 Å². The number of aryl methyl sites for hydroxylation is 3. The number of hydrogen-bond donors (Lipinski definition) is 1. The second-order valence-corrected chi connectivity index (χ2v) is 7.74. The van der Waals surface area contributed by atoms with Gasteiger partial charge in [-0.2, -0.15) is 0 Å². The number of rotatable bonds is 4. The van der Waals surface area contributed by atoms with Gasteiger partial charge in [0.15, 0.2) is 0 Å². The van der Waals surface area contributed by atoms with Crippen LogP contribution in [0.2, 0.25) is 0 Å². The van der Waals surface area contributed by atoms with Gasteiger partial charge in [0.2, 0.25) is 5.91 Å². The van der Waals surface area contributed by atoms with Crippen LogP contribution < -0.4 is 16.6 Å². The first kappa shape index (κ1) is 20.3. The van der Waals surface area contributed by atoms with Crippen LogP contribution in [0, 0.1) is 20.8 Å². The van der Waals surface area contributed by atoms with Crippen LogP contribution in [0.4, 0.5) is 5.69 Å². The second kappa shape index (κ2) is 8.07. The summed E-state index contributed by atoms with van der Waals surface area (Å²) in [6, 6.07) is 19.9. The first-order valence-electron chi connectivity index (χ1n) is 10.0. The van der Waals surface area contributed by atoms with Gasteiger partial charge in [-0.25, -0.2) is 9.36 Å². The van der Waals surface area contributed by atoms with Crippen LogP contribution in [0.15, 0.2) is 76.3 Å². The molecule has 4 rings (SSSR count). The third-order valence-electron chi connectivity index (χ3n) is 5.24. The molecule has 0 saturated heterocycles. The fourth-order valence-corrected chi connectivity index (χ4v) is 3.83. The van der Waals surface area contributed by atoms with Gasteiger partial charge in [0, 0.05) is 5.69 Å². The summed E-state index contributed by atoms with van der Waals surface area (Å²) in [7, 11) is 0. The number of benzene rings is 3. The van der Waals surface area contributed by atoms with Crippen LogP contribution in [0.5, 0.6) is 0 Å². The lowest BCUT2D eigenvalue weighted by Gasteiger charge is -2.15. The van der Waals surface area contributed by atoms with Crippen molar-refractivity contribution in [2.24, 2.45) is 0 Å². The van der Waals surface area contributed by atoms with Gasteiger partial charge in [0.05, 0.1) is 16.6 Å². The molecule has 1 amide bonds. The van der Waals surface area contributed by atoms with Crippen molar-refractivity contribution in [1.82, 2.24) is 9.13 Å². The van der Waals surface area contributed by atoms with Crippen molar-refractivity contribution in [3.05, 3.63) is 104 Å². The monoisotopic (exact) mass is 413 g/mol. The van der Waals surface area contributed by atoms with Crippen LogP contribution in [0.1, 0.15) is 16.7 Å². The van der Waals surface area contributed by atoms with Gasteiger partial charge in [-0.05, 0) is 67.8 Å². The topological polar surface area (TPSA) is 73.1 Å². The summed E-state index contributed by atoms with van der Waals surface area (Å²) in [6.45, 7) is 5.52. The van der Waals surface area contributed by atoms with Gasteiger partial charge in [-0.3, -0.25) is 14.2 Å². The molecule has 0 radical (unpaired) electrons. The third-order valence-corrected chi connectivity index (χ3v) is 5.24. The first-order chi connectivity index (χ1) is 14.8. The Morgan fingerprint density at radius 1 is 0.871 bits per heavy atom. The highest BCUT2D eigenvalue weighted by molar-refractivity contribution is 5.92. The normalized spacial score (nSPS) is 10.9. The van der Waals surface area contributed by atoms with E-state index in [-0.39, 0.29) is 12.5 Å². The van der Waals surface area contributed by atoms with Crippen molar-refractivity contribution >= 4 is 22.5 Å². The van der Waals surface area contributed by atoms with Gasteiger partial charge in [0.1, 0.15) is 6.54 Å². The molecule has 0 aliphatic rings. The fourth-order valence-electron chi connectivity index (χ4n) is 3.83. The van der Waals surface area contributed by atoms with E-state index in [2.05, 4.69) is 5.32 Å². The first-order valence-corrected chi connectivity index (χ1v) is 10.0. The summed E-state index contributed by atoms with van der Waals surface area (Å²) in [4.78, 5) is 39.4. The van der Waals surface area contributed by atoms with E-state index in [1.165, 1.54) is 4.57 Å². The van der Waals surface area contributed by atoms with E-state index in [1.54, 1.807) is 36.4 Å². The lowest BCUT2D eigenvalue weighted by Crippen LogP contribution is -2.40. The Bertz CT molecular complexity index is 1410. The minimum atomic E-state index is -0.548. The van der Waals surface area contributed by atoms with Crippen LogP contribution in [0.3, 0.4) is 0 Å². The number of amides is 1.